The quantitative estimate of drug-likeness (QED) is 0.628. The van der Waals surface area contributed by atoms with Crippen molar-refractivity contribution in [3.8, 4) is 6.07 Å². The third-order valence-corrected chi connectivity index (χ3v) is 1.47. The standard InChI is InChI=1S/C8H12F3NO2/c1-13-3-2-4-14-6-7(5-12)8(9,10)11/h7H,2-4,6H2,1H3. The van der Waals surface area contributed by atoms with Gasteiger partial charge in [0.1, 0.15) is 0 Å². The van der Waals surface area contributed by atoms with Gasteiger partial charge in [0.25, 0.3) is 0 Å². The molecule has 0 aliphatic rings. The molecule has 0 saturated heterocycles. The molecule has 0 N–H and O–H groups in total. The van der Waals surface area contributed by atoms with E-state index in [1.165, 1.54) is 7.11 Å². The molecule has 6 heteroatoms. The summed E-state index contributed by atoms with van der Waals surface area (Å²) >= 11 is 0. The van der Waals surface area contributed by atoms with Gasteiger partial charge >= 0.3 is 6.18 Å². The Morgan fingerprint density at radius 1 is 1.36 bits per heavy atom. The number of alkyl halides is 3. The van der Waals surface area contributed by atoms with E-state index in [9.17, 15) is 13.2 Å². The first-order chi connectivity index (χ1) is 6.52. The smallest absolute Gasteiger partial charge is 0.385 e. The maximum atomic E-state index is 12.0. The summed E-state index contributed by atoms with van der Waals surface area (Å²) in [6, 6.07) is 1.15. The van der Waals surface area contributed by atoms with Gasteiger partial charge in [-0.25, -0.2) is 0 Å². The van der Waals surface area contributed by atoms with Crippen molar-refractivity contribution in [1.29, 1.82) is 5.26 Å². The second-order valence-corrected chi connectivity index (χ2v) is 2.64. The lowest BCUT2D eigenvalue weighted by atomic mass is 10.2. The van der Waals surface area contributed by atoms with Gasteiger partial charge in [0.05, 0.1) is 12.7 Å². The van der Waals surface area contributed by atoms with E-state index in [1.807, 2.05) is 0 Å². The third kappa shape index (κ3) is 5.78. The number of methoxy groups -OCH3 is 1. The summed E-state index contributed by atoms with van der Waals surface area (Å²) in [5.41, 5.74) is 0. The molecule has 0 heterocycles. The van der Waals surface area contributed by atoms with Gasteiger partial charge in [-0.1, -0.05) is 0 Å². The Hall–Kier alpha value is -0.800. The Morgan fingerprint density at radius 3 is 2.43 bits per heavy atom. The number of nitrogens with zero attached hydrogens (tertiary/aromatic N) is 1. The van der Waals surface area contributed by atoms with Crippen LogP contribution in [0.3, 0.4) is 0 Å². The average molecular weight is 211 g/mol. The molecule has 0 fully saturated rings. The van der Waals surface area contributed by atoms with Crippen LogP contribution in [0.2, 0.25) is 0 Å². The van der Waals surface area contributed by atoms with Gasteiger partial charge in [0, 0.05) is 20.3 Å². The molecule has 0 saturated carbocycles. The molecule has 0 aliphatic carbocycles. The second-order valence-electron chi connectivity index (χ2n) is 2.64. The summed E-state index contributed by atoms with van der Waals surface area (Å²) < 4.78 is 45.3. The van der Waals surface area contributed by atoms with Gasteiger partial charge < -0.3 is 9.47 Å². The Labute approximate surface area is 80.4 Å². The third-order valence-electron chi connectivity index (χ3n) is 1.47. The van der Waals surface area contributed by atoms with Crippen molar-refractivity contribution >= 4 is 0 Å². The van der Waals surface area contributed by atoms with E-state index >= 15 is 0 Å². The first-order valence-electron chi connectivity index (χ1n) is 4.05. The Morgan fingerprint density at radius 2 is 2.00 bits per heavy atom. The number of nitriles is 1. The molecule has 0 rings (SSSR count). The number of rotatable bonds is 6. The zero-order valence-corrected chi connectivity index (χ0v) is 7.80. The van der Waals surface area contributed by atoms with Gasteiger partial charge in [-0.15, -0.1) is 0 Å². The first-order valence-corrected chi connectivity index (χ1v) is 4.05. The predicted molar refractivity (Wildman–Crippen MR) is 42.5 cm³/mol. The molecule has 0 aromatic carbocycles. The van der Waals surface area contributed by atoms with Crippen LogP contribution in [0.1, 0.15) is 6.42 Å². The lowest BCUT2D eigenvalue weighted by molar-refractivity contribution is -0.171. The first kappa shape index (κ1) is 13.2. The summed E-state index contributed by atoms with van der Waals surface area (Å²) in [5.74, 6) is -2.04. The second kappa shape index (κ2) is 6.62. The van der Waals surface area contributed by atoms with E-state index < -0.39 is 18.7 Å². The monoisotopic (exact) mass is 211 g/mol. The largest absolute Gasteiger partial charge is 0.406 e. The van der Waals surface area contributed by atoms with Crippen LogP contribution >= 0.6 is 0 Å². The SMILES string of the molecule is COCCCOCC(C#N)C(F)(F)F. The minimum absolute atomic E-state index is 0.169. The molecule has 0 radical (unpaired) electrons. The lowest BCUT2D eigenvalue weighted by Crippen LogP contribution is -2.26. The predicted octanol–water partition coefficient (Wildman–Crippen LogP) is 1.74. The fraction of sp³-hybridized carbons (Fsp3) is 0.875. The van der Waals surface area contributed by atoms with E-state index in [0.717, 1.165) is 6.07 Å². The van der Waals surface area contributed by atoms with E-state index in [1.54, 1.807) is 0 Å². The fourth-order valence-corrected chi connectivity index (χ4v) is 0.711. The molecular formula is C8H12F3NO2. The van der Waals surface area contributed by atoms with E-state index in [2.05, 4.69) is 4.74 Å². The van der Waals surface area contributed by atoms with Crippen molar-refractivity contribution in [2.45, 2.75) is 12.6 Å². The molecule has 14 heavy (non-hydrogen) atoms. The minimum atomic E-state index is -4.50. The van der Waals surface area contributed by atoms with Crippen LogP contribution in [-0.4, -0.2) is 33.1 Å². The Bertz CT molecular complexity index is 188. The summed E-state index contributed by atoms with van der Waals surface area (Å²) in [5, 5.41) is 8.19. The van der Waals surface area contributed by atoms with Crippen LogP contribution in [0.5, 0.6) is 0 Å². The molecule has 0 aliphatic heterocycles. The molecule has 3 nitrogen and oxygen atoms in total. The molecule has 82 valence electrons. The minimum Gasteiger partial charge on any atom is -0.385 e. The zero-order chi connectivity index (χ0) is 11.0. The Kier molecular flexibility index (Phi) is 6.25. The van der Waals surface area contributed by atoms with Crippen molar-refractivity contribution in [2.24, 2.45) is 5.92 Å². The summed E-state index contributed by atoms with van der Waals surface area (Å²) in [6.07, 6.45) is -3.98. The highest BCUT2D eigenvalue weighted by Gasteiger charge is 2.39. The summed E-state index contributed by atoms with van der Waals surface area (Å²) in [4.78, 5) is 0. The summed E-state index contributed by atoms with van der Waals surface area (Å²) in [6.45, 7) is -0.00491. The van der Waals surface area contributed by atoms with Crippen LogP contribution in [0.15, 0.2) is 0 Å². The highest BCUT2D eigenvalue weighted by atomic mass is 19.4. The van der Waals surface area contributed by atoms with Gasteiger partial charge in [-0.05, 0) is 6.42 Å². The Balaban J connectivity index is 3.61. The molecule has 0 spiro atoms. The number of ether oxygens (including phenoxy) is 2. The van der Waals surface area contributed by atoms with Crippen molar-refractivity contribution in [3.63, 3.8) is 0 Å². The van der Waals surface area contributed by atoms with Crippen molar-refractivity contribution in [3.05, 3.63) is 0 Å². The van der Waals surface area contributed by atoms with E-state index in [4.69, 9.17) is 10.00 Å². The average Bonchev–Trinajstić information content (AvgIpc) is 2.09. The van der Waals surface area contributed by atoms with Crippen LogP contribution in [0.25, 0.3) is 0 Å². The van der Waals surface area contributed by atoms with Crippen LogP contribution in [-0.2, 0) is 9.47 Å². The highest BCUT2D eigenvalue weighted by molar-refractivity contribution is 4.88. The lowest BCUT2D eigenvalue weighted by Gasteiger charge is -2.12. The molecular weight excluding hydrogens is 199 g/mol. The maximum Gasteiger partial charge on any atom is 0.406 e. The molecule has 0 aromatic heterocycles. The van der Waals surface area contributed by atoms with Crippen LogP contribution in [0, 0.1) is 17.2 Å². The summed E-state index contributed by atoms with van der Waals surface area (Å²) in [7, 11) is 1.49. The normalized spacial score (nSPS) is 13.6. The van der Waals surface area contributed by atoms with E-state index in [0.29, 0.717) is 13.0 Å². The van der Waals surface area contributed by atoms with Crippen molar-refractivity contribution in [1.82, 2.24) is 0 Å². The fourth-order valence-electron chi connectivity index (χ4n) is 0.711. The highest BCUT2D eigenvalue weighted by Crippen LogP contribution is 2.25. The van der Waals surface area contributed by atoms with Crippen molar-refractivity contribution < 1.29 is 22.6 Å². The van der Waals surface area contributed by atoms with Crippen LogP contribution in [0.4, 0.5) is 13.2 Å². The molecule has 0 bridgehead atoms. The van der Waals surface area contributed by atoms with Crippen molar-refractivity contribution in [2.75, 3.05) is 26.9 Å². The topological polar surface area (TPSA) is 42.2 Å². The molecule has 0 aromatic rings. The maximum absolute atomic E-state index is 12.0. The van der Waals surface area contributed by atoms with Gasteiger partial charge in [-0.2, -0.15) is 18.4 Å². The van der Waals surface area contributed by atoms with Gasteiger partial charge in [0.2, 0.25) is 0 Å². The van der Waals surface area contributed by atoms with Gasteiger partial charge in [-0.3, -0.25) is 0 Å². The molecule has 0 amide bonds. The number of hydrogen-bond acceptors (Lipinski definition) is 3. The zero-order valence-electron chi connectivity index (χ0n) is 7.80. The van der Waals surface area contributed by atoms with Gasteiger partial charge in [0.15, 0.2) is 5.92 Å². The molecule has 1 atom stereocenters. The van der Waals surface area contributed by atoms with E-state index in [-0.39, 0.29) is 6.61 Å². The number of hydrogen-bond donors (Lipinski definition) is 0. The number of halogens is 3. The molecule has 1 unspecified atom stereocenters. The van der Waals surface area contributed by atoms with Crippen LogP contribution < -0.4 is 0 Å².